The summed E-state index contributed by atoms with van der Waals surface area (Å²) in [6.45, 7) is 3.42. The Morgan fingerprint density at radius 1 is 1.13 bits per heavy atom. The zero-order chi connectivity index (χ0) is 11.3. The SMILES string of the molecule is CCCOCC1OC1[Si](OC)(OC)OC. The van der Waals surface area contributed by atoms with Crippen LogP contribution < -0.4 is 0 Å². The summed E-state index contributed by atoms with van der Waals surface area (Å²) < 4.78 is 26.8. The van der Waals surface area contributed by atoms with E-state index in [1.165, 1.54) is 0 Å². The normalized spacial score (nSPS) is 25.6. The highest BCUT2D eigenvalue weighted by Gasteiger charge is 2.62. The van der Waals surface area contributed by atoms with Crippen LogP contribution in [0.2, 0.25) is 0 Å². The number of hydrogen-bond donors (Lipinski definition) is 0. The molecule has 1 aliphatic rings. The Labute approximate surface area is 92.0 Å². The smallest absolute Gasteiger partial charge is 0.379 e. The van der Waals surface area contributed by atoms with Gasteiger partial charge in [0.2, 0.25) is 0 Å². The number of epoxide rings is 1. The van der Waals surface area contributed by atoms with Crippen molar-refractivity contribution in [1.29, 1.82) is 0 Å². The summed E-state index contributed by atoms with van der Waals surface area (Å²) in [6.07, 6.45) is 1.07. The van der Waals surface area contributed by atoms with Crippen LogP contribution in [-0.2, 0) is 22.8 Å². The van der Waals surface area contributed by atoms with Crippen molar-refractivity contribution < 1.29 is 22.8 Å². The molecule has 0 saturated carbocycles. The molecular formula is C9H20O5Si. The molecule has 6 heteroatoms. The summed E-state index contributed by atoms with van der Waals surface area (Å²) in [4.78, 5) is 0. The van der Waals surface area contributed by atoms with Crippen molar-refractivity contribution in [2.75, 3.05) is 34.5 Å². The lowest BCUT2D eigenvalue weighted by Crippen LogP contribution is -2.50. The Bertz CT molecular complexity index is 177. The summed E-state index contributed by atoms with van der Waals surface area (Å²) in [5, 5.41) is 0. The summed E-state index contributed by atoms with van der Waals surface area (Å²) >= 11 is 0. The maximum absolute atomic E-state index is 5.46. The van der Waals surface area contributed by atoms with Gasteiger partial charge in [0.05, 0.1) is 6.61 Å². The predicted molar refractivity (Wildman–Crippen MR) is 56.6 cm³/mol. The van der Waals surface area contributed by atoms with Gasteiger partial charge in [-0.2, -0.15) is 0 Å². The molecule has 1 aliphatic heterocycles. The van der Waals surface area contributed by atoms with E-state index < -0.39 is 8.80 Å². The second-order valence-electron chi connectivity index (χ2n) is 3.39. The molecule has 0 spiro atoms. The Hall–Kier alpha value is 0.0169. The van der Waals surface area contributed by atoms with Crippen molar-refractivity contribution in [3.63, 3.8) is 0 Å². The van der Waals surface area contributed by atoms with Crippen molar-refractivity contribution in [3.05, 3.63) is 0 Å². The monoisotopic (exact) mass is 236 g/mol. The van der Waals surface area contributed by atoms with Gasteiger partial charge < -0.3 is 22.8 Å². The third kappa shape index (κ3) is 2.99. The molecule has 1 heterocycles. The minimum atomic E-state index is -2.61. The lowest BCUT2D eigenvalue weighted by atomic mass is 10.5. The maximum atomic E-state index is 5.46. The summed E-state index contributed by atoms with van der Waals surface area (Å²) in [5.74, 6) is 0. The van der Waals surface area contributed by atoms with Crippen LogP contribution in [0.15, 0.2) is 0 Å². The molecule has 5 nitrogen and oxygen atoms in total. The second kappa shape index (κ2) is 5.93. The van der Waals surface area contributed by atoms with Crippen LogP contribution in [0.3, 0.4) is 0 Å². The lowest BCUT2D eigenvalue weighted by Gasteiger charge is -2.22. The van der Waals surface area contributed by atoms with Crippen molar-refractivity contribution in [1.82, 2.24) is 0 Å². The van der Waals surface area contributed by atoms with Crippen molar-refractivity contribution in [3.8, 4) is 0 Å². The topological polar surface area (TPSA) is 49.5 Å². The fourth-order valence-corrected chi connectivity index (χ4v) is 3.61. The lowest BCUT2D eigenvalue weighted by molar-refractivity contribution is 0.110. The van der Waals surface area contributed by atoms with Crippen molar-refractivity contribution >= 4 is 8.80 Å². The fourth-order valence-electron chi connectivity index (χ4n) is 1.52. The summed E-state index contributed by atoms with van der Waals surface area (Å²) in [7, 11) is 2.16. The maximum Gasteiger partial charge on any atom is 0.533 e. The van der Waals surface area contributed by atoms with Crippen molar-refractivity contribution in [2.45, 2.75) is 25.2 Å². The zero-order valence-electron chi connectivity index (χ0n) is 9.82. The average Bonchev–Trinajstić information content (AvgIpc) is 3.02. The van der Waals surface area contributed by atoms with Gasteiger partial charge in [-0.25, -0.2) is 0 Å². The molecule has 15 heavy (non-hydrogen) atoms. The minimum Gasteiger partial charge on any atom is -0.379 e. The van der Waals surface area contributed by atoms with Crippen LogP contribution in [-0.4, -0.2) is 55.2 Å². The van der Waals surface area contributed by atoms with Gasteiger partial charge in [-0.3, -0.25) is 0 Å². The van der Waals surface area contributed by atoms with Crippen molar-refractivity contribution in [2.24, 2.45) is 0 Å². The largest absolute Gasteiger partial charge is 0.533 e. The molecule has 0 aromatic heterocycles. The first kappa shape index (κ1) is 13.1. The molecule has 2 atom stereocenters. The first-order valence-corrected chi connectivity index (χ1v) is 6.93. The quantitative estimate of drug-likeness (QED) is 0.351. The molecule has 0 N–H and O–H groups in total. The molecule has 0 bridgehead atoms. The molecule has 2 unspecified atom stereocenters. The molecule has 0 aromatic carbocycles. The predicted octanol–water partition coefficient (Wildman–Crippen LogP) is 0.598. The fraction of sp³-hybridized carbons (Fsp3) is 1.00. The molecule has 0 aliphatic carbocycles. The van der Waals surface area contributed by atoms with Crippen LogP contribution in [0.5, 0.6) is 0 Å². The molecule has 1 rings (SSSR count). The van der Waals surface area contributed by atoms with Gasteiger partial charge in [-0.1, -0.05) is 6.92 Å². The highest BCUT2D eigenvalue weighted by Crippen LogP contribution is 2.32. The van der Waals surface area contributed by atoms with Crippen LogP contribution >= 0.6 is 0 Å². The van der Waals surface area contributed by atoms with Crippen LogP contribution in [0.25, 0.3) is 0 Å². The van der Waals surface area contributed by atoms with Gasteiger partial charge in [0.1, 0.15) is 6.10 Å². The van der Waals surface area contributed by atoms with E-state index in [0.29, 0.717) is 6.61 Å². The first-order valence-electron chi connectivity index (χ1n) is 5.12. The van der Waals surface area contributed by atoms with Crippen LogP contribution in [0.4, 0.5) is 0 Å². The van der Waals surface area contributed by atoms with E-state index in [1.54, 1.807) is 21.3 Å². The van der Waals surface area contributed by atoms with E-state index in [1.807, 2.05) is 0 Å². The molecule has 1 saturated heterocycles. The third-order valence-electron chi connectivity index (χ3n) is 2.42. The van der Waals surface area contributed by atoms with Gasteiger partial charge >= 0.3 is 8.80 Å². The number of rotatable bonds is 8. The standard InChI is InChI=1S/C9H20O5Si/c1-5-6-13-7-8-9(14-8)15(10-2,11-3)12-4/h8-9H,5-7H2,1-4H3. The Morgan fingerprint density at radius 2 is 1.73 bits per heavy atom. The molecule has 0 radical (unpaired) electrons. The number of hydrogen-bond acceptors (Lipinski definition) is 5. The molecule has 0 amide bonds. The van der Waals surface area contributed by atoms with Crippen LogP contribution in [0.1, 0.15) is 13.3 Å². The Balaban J connectivity index is 2.33. The first-order chi connectivity index (χ1) is 7.24. The highest BCUT2D eigenvalue weighted by molar-refractivity contribution is 6.63. The van der Waals surface area contributed by atoms with Gasteiger partial charge in [0.25, 0.3) is 0 Å². The molecule has 0 aromatic rings. The Kier molecular flexibility index (Phi) is 5.17. The summed E-state index contributed by atoms with van der Waals surface area (Å²) in [5.41, 5.74) is -0.0747. The Morgan fingerprint density at radius 3 is 2.20 bits per heavy atom. The zero-order valence-corrected chi connectivity index (χ0v) is 10.8. The van der Waals surface area contributed by atoms with Gasteiger partial charge in [0.15, 0.2) is 5.73 Å². The second-order valence-corrected chi connectivity index (χ2v) is 6.39. The van der Waals surface area contributed by atoms with E-state index >= 15 is 0 Å². The molecular weight excluding hydrogens is 216 g/mol. The van der Waals surface area contributed by atoms with Gasteiger partial charge in [0, 0.05) is 27.9 Å². The molecule has 1 fully saturated rings. The van der Waals surface area contributed by atoms with Gasteiger partial charge in [-0.05, 0) is 6.42 Å². The number of ether oxygens (including phenoxy) is 2. The van der Waals surface area contributed by atoms with E-state index in [-0.39, 0.29) is 11.8 Å². The third-order valence-corrected chi connectivity index (χ3v) is 5.33. The average molecular weight is 236 g/mol. The highest BCUT2D eigenvalue weighted by atomic mass is 28.4. The summed E-state index contributed by atoms with van der Waals surface area (Å²) in [6, 6.07) is 0. The van der Waals surface area contributed by atoms with Gasteiger partial charge in [-0.15, -0.1) is 0 Å². The van der Waals surface area contributed by atoms with E-state index in [0.717, 1.165) is 13.0 Å². The van der Waals surface area contributed by atoms with E-state index in [2.05, 4.69) is 6.92 Å². The van der Waals surface area contributed by atoms with E-state index in [4.69, 9.17) is 22.8 Å². The van der Waals surface area contributed by atoms with Crippen LogP contribution in [0, 0.1) is 0 Å². The minimum absolute atomic E-state index is 0.0584. The van der Waals surface area contributed by atoms with E-state index in [9.17, 15) is 0 Å². The molecule has 90 valence electrons.